The number of hydrogen-bond donors (Lipinski definition) is 0. The van der Waals surface area contributed by atoms with Crippen LogP contribution in [0.1, 0.15) is 12.8 Å². The number of hydrogen-bond acceptors (Lipinski definition) is 2. The molecule has 3 nitrogen and oxygen atoms in total. The van der Waals surface area contributed by atoms with E-state index in [0.29, 0.717) is 0 Å². The van der Waals surface area contributed by atoms with Crippen molar-refractivity contribution in [2.45, 2.75) is 18.8 Å². The lowest BCUT2D eigenvalue weighted by Gasteiger charge is -2.28. The monoisotopic (exact) mass is 219 g/mol. The molecule has 72 valence electrons. The zero-order valence-electron chi connectivity index (χ0n) is 6.13. The van der Waals surface area contributed by atoms with Crippen LogP contribution in [0.4, 0.5) is 8.78 Å². The van der Waals surface area contributed by atoms with E-state index in [1.165, 1.54) is 0 Å². The summed E-state index contributed by atoms with van der Waals surface area (Å²) in [6.45, 7) is -0.391. The van der Waals surface area contributed by atoms with Gasteiger partial charge in [0.25, 0.3) is 15.2 Å². The fraction of sp³-hybridized carbons (Fsp3) is 1.00. The van der Waals surface area contributed by atoms with Crippen LogP contribution in [0.25, 0.3) is 0 Å². The standard InChI is InChI=1S/C5H8ClF2NO2S/c6-12(10,11)9-3-1-5(7,8)2-4-9/h1-4H2. The number of alkyl halides is 2. The maximum Gasteiger partial charge on any atom is 0.299 e. The molecule has 0 saturated carbocycles. The van der Waals surface area contributed by atoms with Gasteiger partial charge in [0.1, 0.15) is 0 Å². The van der Waals surface area contributed by atoms with Gasteiger partial charge >= 0.3 is 0 Å². The Morgan fingerprint density at radius 1 is 1.25 bits per heavy atom. The Kier molecular flexibility index (Phi) is 2.60. The second kappa shape index (κ2) is 3.08. The van der Waals surface area contributed by atoms with Crippen molar-refractivity contribution in [2.75, 3.05) is 13.1 Å². The van der Waals surface area contributed by atoms with Gasteiger partial charge in [-0.25, -0.2) is 8.78 Å². The van der Waals surface area contributed by atoms with E-state index in [-0.39, 0.29) is 13.1 Å². The zero-order chi connectivity index (χ0) is 9.41. The Morgan fingerprint density at radius 2 is 1.67 bits per heavy atom. The molecule has 1 heterocycles. The lowest BCUT2D eigenvalue weighted by atomic mass is 10.1. The highest BCUT2D eigenvalue weighted by atomic mass is 35.7. The highest BCUT2D eigenvalue weighted by Gasteiger charge is 2.37. The summed E-state index contributed by atoms with van der Waals surface area (Å²) in [6.07, 6.45) is -0.891. The molecule has 0 aromatic heterocycles. The maximum absolute atomic E-state index is 12.5. The van der Waals surface area contributed by atoms with Gasteiger partial charge in [-0.1, -0.05) is 0 Å². The van der Waals surface area contributed by atoms with Crippen LogP contribution < -0.4 is 0 Å². The molecular weight excluding hydrogens is 212 g/mol. The van der Waals surface area contributed by atoms with Crippen LogP contribution in [-0.2, 0) is 9.24 Å². The molecule has 1 saturated heterocycles. The Bertz CT molecular complexity index is 257. The van der Waals surface area contributed by atoms with Crippen molar-refractivity contribution >= 4 is 19.9 Å². The number of rotatable bonds is 1. The minimum Gasteiger partial charge on any atom is -0.207 e. The normalized spacial score (nSPS) is 25.6. The molecule has 0 unspecified atom stereocenters. The molecule has 1 aliphatic rings. The van der Waals surface area contributed by atoms with Crippen LogP contribution in [-0.4, -0.2) is 31.7 Å². The van der Waals surface area contributed by atoms with E-state index in [2.05, 4.69) is 0 Å². The minimum atomic E-state index is -3.80. The quantitative estimate of drug-likeness (QED) is 0.622. The average Bonchev–Trinajstić information content (AvgIpc) is 1.83. The van der Waals surface area contributed by atoms with Crippen molar-refractivity contribution in [3.05, 3.63) is 0 Å². The second-order valence-electron chi connectivity index (χ2n) is 2.70. The summed E-state index contributed by atoms with van der Waals surface area (Å²) in [6, 6.07) is 0. The van der Waals surface area contributed by atoms with Crippen molar-refractivity contribution in [3.63, 3.8) is 0 Å². The molecule has 12 heavy (non-hydrogen) atoms. The van der Waals surface area contributed by atoms with Crippen molar-refractivity contribution < 1.29 is 17.2 Å². The van der Waals surface area contributed by atoms with Gasteiger partial charge in [0.2, 0.25) is 0 Å². The summed E-state index contributed by atoms with van der Waals surface area (Å²) >= 11 is 0. The predicted octanol–water partition coefficient (Wildman–Crippen LogP) is 1.20. The molecule has 0 radical (unpaired) electrons. The number of piperidine rings is 1. The van der Waals surface area contributed by atoms with Crippen LogP contribution in [0.15, 0.2) is 0 Å². The third-order valence-electron chi connectivity index (χ3n) is 1.76. The fourth-order valence-electron chi connectivity index (χ4n) is 1.03. The van der Waals surface area contributed by atoms with Gasteiger partial charge in [-0.2, -0.15) is 12.7 Å². The Hall–Kier alpha value is 0.0600. The molecule has 0 aromatic rings. The maximum atomic E-state index is 12.5. The molecule has 0 aromatic carbocycles. The van der Waals surface area contributed by atoms with E-state index in [1.54, 1.807) is 0 Å². The summed E-state index contributed by atoms with van der Waals surface area (Å²) in [5, 5.41) is 0. The van der Waals surface area contributed by atoms with Crippen LogP contribution >= 0.6 is 10.7 Å². The molecule has 0 spiro atoms. The first kappa shape index (κ1) is 10.1. The van der Waals surface area contributed by atoms with Gasteiger partial charge in [-0.05, 0) is 0 Å². The van der Waals surface area contributed by atoms with Crippen LogP contribution in [0.2, 0.25) is 0 Å². The predicted molar refractivity (Wildman–Crippen MR) is 40.5 cm³/mol. The molecule has 0 aliphatic carbocycles. The Balaban J connectivity index is 2.59. The molecule has 0 N–H and O–H groups in total. The van der Waals surface area contributed by atoms with Gasteiger partial charge in [-0.15, -0.1) is 0 Å². The lowest BCUT2D eigenvalue weighted by molar-refractivity contribution is -0.0408. The van der Waals surface area contributed by atoms with Crippen molar-refractivity contribution in [3.8, 4) is 0 Å². The highest BCUT2D eigenvalue weighted by Crippen LogP contribution is 2.29. The fourth-order valence-corrected chi connectivity index (χ4v) is 2.06. The van der Waals surface area contributed by atoms with Crippen molar-refractivity contribution in [1.29, 1.82) is 0 Å². The third kappa shape index (κ3) is 2.53. The van der Waals surface area contributed by atoms with E-state index in [1.807, 2.05) is 0 Å². The largest absolute Gasteiger partial charge is 0.299 e. The summed E-state index contributed by atoms with van der Waals surface area (Å²) in [5.74, 6) is -2.74. The zero-order valence-corrected chi connectivity index (χ0v) is 7.71. The Labute approximate surface area is 73.9 Å². The second-order valence-corrected chi connectivity index (χ2v) is 5.21. The van der Waals surface area contributed by atoms with Crippen LogP contribution in [0, 0.1) is 0 Å². The summed E-state index contributed by atoms with van der Waals surface area (Å²) in [7, 11) is 1.15. The molecule has 7 heteroatoms. The SMILES string of the molecule is O=S(=O)(Cl)N1CCC(F)(F)CC1. The van der Waals surface area contributed by atoms with Gasteiger partial charge in [0.15, 0.2) is 0 Å². The molecule has 0 bridgehead atoms. The summed E-state index contributed by atoms with van der Waals surface area (Å²) < 4.78 is 47.1. The molecule has 1 fully saturated rings. The van der Waals surface area contributed by atoms with E-state index < -0.39 is 28.0 Å². The van der Waals surface area contributed by atoms with E-state index in [0.717, 1.165) is 4.31 Å². The Morgan fingerprint density at radius 3 is 2.00 bits per heavy atom. The van der Waals surface area contributed by atoms with Crippen LogP contribution in [0.5, 0.6) is 0 Å². The molecule has 1 rings (SSSR count). The summed E-state index contributed by atoms with van der Waals surface area (Å²) in [5.41, 5.74) is 0. The molecule has 0 amide bonds. The average molecular weight is 220 g/mol. The first-order valence-corrected chi connectivity index (χ1v) is 5.65. The van der Waals surface area contributed by atoms with Crippen molar-refractivity contribution in [2.24, 2.45) is 0 Å². The topological polar surface area (TPSA) is 37.4 Å². The van der Waals surface area contributed by atoms with E-state index in [9.17, 15) is 17.2 Å². The van der Waals surface area contributed by atoms with E-state index in [4.69, 9.17) is 10.7 Å². The number of halogens is 3. The van der Waals surface area contributed by atoms with E-state index >= 15 is 0 Å². The van der Waals surface area contributed by atoms with Crippen molar-refractivity contribution in [1.82, 2.24) is 4.31 Å². The first-order valence-electron chi connectivity index (χ1n) is 3.39. The third-order valence-corrected chi connectivity index (χ3v) is 3.33. The highest BCUT2D eigenvalue weighted by molar-refractivity contribution is 8.11. The summed E-state index contributed by atoms with van der Waals surface area (Å²) in [4.78, 5) is 0. The van der Waals surface area contributed by atoms with Gasteiger partial charge < -0.3 is 0 Å². The van der Waals surface area contributed by atoms with Gasteiger partial charge in [0.05, 0.1) is 0 Å². The smallest absolute Gasteiger partial charge is 0.207 e. The molecule has 1 aliphatic heterocycles. The first-order chi connectivity index (χ1) is 5.31. The number of nitrogens with zero attached hydrogens (tertiary/aromatic N) is 1. The molecule has 0 atom stereocenters. The van der Waals surface area contributed by atoms with Crippen LogP contribution in [0.3, 0.4) is 0 Å². The van der Waals surface area contributed by atoms with Gasteiger partial charge in [-0.3, -0.25) is 0 Å². The molecular formula is C5H8ClF2NO2S. The lowest BCUT2D eigenvalue weighted by Crippen LogP contribution is -2.40. The minimum absolute atomic E-state index is 0.196. The van der Waals surface area contributed by atoms with Gasteiger partial charge in [0, 0.05) is 36.6 Å².